The monoisotopic (exact) mass is 577 g/mol. The molecule has 2 heterocycles. The van der Waals surface area contributed by atoms with Gasteiger partial charge in [0.1, 0.15) is 17.0 Å². The van der Waals surface area contributed by atoms with Gasteiger partial charge in [-0.05, 0) is 66.8 Å². The molecular weight excluding hydrogens is 562 g/mol. The van der Waals surface area contributed by atoms with E-state index in [1.54, 1.807) is 36.4 Å². The van der Waals surface area contributed by atoms with Crippen LogP contribution in [0.3, 0.4) is 0 Å². The van der Waals surface area contributed by atoms with Gasteiger partial charge in [-0.3, -0.25) is 10.1 Å². The van der Waals surface area contributed by atoms with Crippen LogP contribution in [0.1, 0.15) is 5.76 Å². The third kappa shape index (κ3) is 5.57. The number of aromatic nitrogens is 1. The van der Waals surface area contributed by atoms with E-state index < -0.39 is 0 Å². The zero-order valence-corrected chi connectivity index (χ0v) is 21.7. The molecule has 3 aromatic carbocycles. The molecule has 0 spiro atoms. The van der Waals surface area contributed by atoms with Gasteiger partial charge in [0.25, 0.3) is 0 Å². The summed E-state index contributed by atoms with van der Waals surface area (Å²) in [5.74, 6) is 1.30. The number of furan rings is 1. The quantitative estimate of drug-likeness (QED) is 0.164. The number of carbonyl (C=O) groups is 1. The van der Waals surface area contributed by atoms with E-state index in [1.165, 1.54) is 6.08 Å². The number of anilines is 1. The smallest absolute Gasteiger partial charge is 0.250 e. The summed E-state index contributed by atoms with van der Waals surface area (Å²) >= 11 is 15.0. The first-order valence-electron chi connectivity index (χ1n) is 10.8. The topological polar surface area (TPSA) is 80.3 Å². The van der Waals surface area contributed by atoms with Crippen LogP contribution in [0.5, 0.6) is 0 Å². The molecule has 0 fully saturated rings. The summed E-state index contributed by atoms with van der Waals surface area (Å²) in [6.45, 7) is 0. The molecule has 0 saturated carbocycles. The molecule has 0 aliphatic rings. The van der Waals surface area contributed by atoms with Crippen molar-refractivity contribution in [1.82, 2.24) is 10.3 Å². The van der Waals surface area contributed by atoms with E-state index in [4.69, 9.17) is 32.7 Å². The average molecular weight is 579 g/mol. The fourth-order valence-electron chi connectivity index (χ4n) is 3.46. The minimum Gasteiger partial charge on any atom is -0.457 e. The molecule has 36 heavy (non-hydrogen) atoms. The largest absolute Gasteiger partial charge is 0.457 e. The zero-order valence-electron chi connectivity index (χ0n) is 18.5. The number of halogens is 2. The lowest BCUT2D eigenvalue weighted by molar-refractivity contribution is -0.115. The Morgan fingerprint density at radius 1 is 1.00 bits per heavy atom. The van der Waals surface area contributed by atoms with E-state index in [-0.39, 0.29) is 11.0 Å². The molecule has 0 saturated heterocycles. The maximum atomic E-state index is 12.3. The van der Waals surface area contributed by atoms with E-state index in [2.05, 4.69) is 31.5 Å². The highest BCUT2D eigenvalue weighted by atomic mass is 79.9. The number of hydrogen-bond acceptors (Lipinski definition) is 5. The number of oxazole rings is 1. The van der Waals surface area contributed by atoms with Crippen LogP contribution in [0.25, 0.3) is 40.0 Å². The standard InChI is InChI=1S/C27H17BrClN3O3S/c28-17-6-10-21(29)20(14-17)26-31-22-15-18(7-11-24(22)35-26)30-27(36)32-25(33)13-9-19-8-12-23(34-19)16-4-2-1-3-5-16/h1-15H,(H2,30,32,33,36)/b13-9+. The minimum absolute atomic E-state index is 0.146. The van der Waals surface area contributed by atoms with Gasteiger partial charge in [-0.2, -0.15) is 0 Å². The molecule has 9 heteroatoms. The van der Waals surface area contributed by atoms with Crippen molar-refractivity contribution in [1.29, 1.82) is 0 Å². The number of nitrogens with one attached hydrogen (secondary N) is 2. The molecule has 2 N–H and O–H groups in total. The van der Waals surface area contributed by atoms with Crippen molar-refractivity contribution in [2.24, 2.45) is 0 Å². The van der Waals surface area contributed by atoms with Crippen molar-refractivity contribution < 1.29 is 13.6 Å². The Bertz CT molecular complexity index is 1610. The fourth-order valence-corrected chi connectivity index (χ4v) is 4.23. The molecule has 0 unspecified atom stereocenters. The molecular formula is C27H17BrClN3O3S. The van der Waals surface area contributed by atoms with Crippen LogP contribution >= 0.6 is 39.7 Å². The molecule has 0 atom stereocenters. The second-order valence-corrected chi connectivity index (χ2v) is 9.40. The van der Waals surface area contributed by atoms with E-state index in [0.717, 1.165) is 15.8 Å². The van der Waals surface area contributed by atoms with Gasteiger partial charge in [-0.25, -0.2) is 4.98 Å². The van der Waals surface area contributed by atoms with Crippen molar-refractivity contribution in [3.8, 4) is 22.8 Å². The third-order valence-corrected chi connectivity index (χ3v) is 6.15. The Kier molecular flexibility index (Phi) is 6.99. The first-order chi connectivity index (χ1) is 17.4. The minimum atomic E-state index is -0.390. The fraction of sp³-hybridized carbons (Fsp3) is 0. The maximum absolute atomic E-state index is 12.3. The lowest BCUT2D eigenvalue weighted by Crippen LogP contribution is -2.32. The molecule has 5 aromatic rings. The number of hydrogen-bond donors (Lipinski definition) is 2. The zero-order chi connectivity index (χ0) is 25.1. The van der Waals surface area contributed by atoms with Gasteiger partial charge in [0.05, 0.1) is 10.6 Å². The van der Waals surface area contributed by atoms with E-state index in [1.807, 2.05) is 48.5 Å². The number of fused-ring (bicyclic) bond motifs is 1. The first-order valence-corrected chi connectivity index (χ1v) is 12.3. The number of benzene rings is 3. The summed E-state index contributed by atoms with van der Waals surface area (Å²) in [7, 11) is 0. The normalized spacial score (nSPS) is 11.2. The number of amides is 1. The number of rotatable bonds is 5. The van der Waals surface area contributed by atoms with Crippen molar-refractivity contribution in [2.45, 2.75) is 0 Å². The Morgan fingerprint density at radius 2 is 1.83 bits per heavy atom. The summed E-state index contributed by atoms with van der Waals surface area (Å²) in [4.78, 5) is 16.9. The predicted molar refractivity (Wildman–Crippen MR) is 150 cm³/mol. The molecule has 5 rings (SSSR count). The lowest BCUT2D eigenvalue weighted by atomic mass is 10.2. The molecule has 6 nitrogen and oxygen atoms in total. The van der Waals surface area contributed by atoms with Crippen LogP contribution in [0.15, 0.2) is 98.2 Å². The van der Waals surface area contributed by atoms with Crippen molar-refractivity contribution >= 4 is 73.6 Å². The molecule has 0 bridgehead atoms. The first kappa shape index (κ1) is 24.0. The van der Waals surface area contributed by atoms with Crippen LogP contribution in [-0.4, -0.2) is 16.0 Å². The Hall–Kier alpha value is -3.72. The average Bonchev–Trinajstić information content (AvgIpc) is 3.52. The van der Waals surface area contributed by atoms with Gasteiger partial charge in [-0.15, -0.1) is 0 Å². The van der Waals surface area contributed by atoms with E-state index in [0.29, 0.717) is 39.0 Å². The summed E-state index contributed by atoms with van der Waals surface area (Å²) < 4.78 is 12.5. The van der Waals surface area contributed by atoms with Crippen LogP contribution in [0, 0.1) is 0 Å². The molecule has 0 aliphatic heterocycles. The SMILES string of the molecule is O=C(/C=C/c1ccc(-c2ccccc2)o1)NC(=S)Nc1ccc2oc(-c3cc(Br)ccc3Cl)nc2c1. The summed E-state index contributed by atoms with van der Waals surface area (Å²) in [5, 5.41) is 6.28. The highest BCUT2D eigenvalue weighted by Crippen LogP contribution is 2.33. The van der Waals surface area contributed by atoms with Gasteiger partial charge >= 0.3 is 0 Å². The molecule has 1 amide bonds. The van der Waals surface area contributed by atoms with Crippen LogP contribution in [-0.2, 0) is 4.79 Å². The summed E-state index contributed by atoms with van der Waals surface area (Å²) in [5.41, 5.74) is 3.50. The lowest BCUT2D eigenvalue weighted by Gasteiger charge is -2.07. The van der Waals surface area contributed by atoms with Crippen LogP contribution < -0.4 is 10.6 Å². The summed E-state index contributed by atoms with van der Waals surface area (Å²) in [6.07, 6.45) is 2.94. The second-order valence-electron chi connectivity index (χ2n) is 7.67. The van der Waals surface area contributed by atoms with E-state index in [9.17, 15) is 4.79 Å². The molecule has 178 valence electrons. The molecule has 0 aliphatic carbocycles. The van der Waals surface area contributed by atoms with Crippen LogP contribution in [0.4, 0.5) is 5.69 Å². The Labute approximate surface area is 225 Å². The van der Waals surface area contributed by atoms with Crippen molar-refractivity contribution in [3.05, 3.63) is 100 Å². The molecule has 2 aromatic heterocycles. The van der Waals surface area contributed by atoms with Crippen LogP contribution in [0.2, 0.25) is 5.02 Å². The van der Waals surface area contributed by atoms with Crippen molar-refractivity contribution in [3.63, 3.8) is 0 Å². The predicted octanol–water partition coefficient (Wildman–Crippen LogP) is 7.70. The number of thiocarbonyl (C=S) groups is 1. The Morgan fingerprint density at radius 3 is 2.67 bits per heavy atom. The molecule has 0 radical (unpaired) electrons. The van der Waals surface area contributed by atoms with Gasteiger partial charge in [0, 0.05) is 21.8 Å². The number of carbonyl (C=O) groups excluding carboxylic acids is 1. The van der Waals surface area contributed by atoms with Gasteiger partial charge in [0.15, 0.2) is 10.7 Å². The third-order valence-electron chi connectivity index (χ3n) is 5.13. The highest BCUT2D eigenvalue weighted by Gasteiger charge is 2.13. The highest BCUT2D eigenvalue weighted by molar-refractivity contribution is 9.10. The Balaban J connectivity index is 1.22. The van der Waals surface area contributed by atoms with Gasteiger partial charge < -0.3 is 14.2 Å². The van der Waals surface area contributed by atoms with E-state index >= 15 is 0 Å². The maximum Gasteiger partial charge on any atom is 0.250 e. The summed E-state index contributed by atoms with van der Waals surface area (Å²) in [6, 6.07) is 24.2. The van der Waals surface area contributed by atoms with Gasteiger partial charge in [-0.1, -0.05) is 57.9 Å². The van der Waals surface area contributed by atoms with Gasteiger partial charge in [0.2, 0.25) is 11.8 Å². The number of nitrogens with zero attached hydrogens (tertiary/aromatic N) is 1. The second kappa shape index (κ2) is 10.5. The van der Waals surface area contributed by atoms with Crippen molar-refractivity contribution in [2.75, 3.05) is 5.32 Å².